The van der Waals surface area contributed by atoms with Gasteiger partial charge in [0.15, 0.2) is 0 Å². The summed E-state index contributed by atoms with van der Waals surface area (Å²) in [5.41, 5.74) is 9.22. The van der Waals surface area contributed by atoms with Crippen molar-refractivity contribution in [3.63, 3.8) is 0 Å². The van der Waals surface area contributed by atoms with Gasteiger partial charge in [-0.25, -0.2) is 0 Å². The van der Waals surface area contributed by atoms with E-state index < -0.39 is 0 Å². The summed E-state index contributed by atoms with van der Waals surface area (Å²) in [5.74, 6) is -0.0264. The Bertz CT molecular complexity index is 877. The van der Waals surface area contributed by atoms with E-state index in [0.29, 0.717) is 5.56 Å². The summed E-state index contributed by atoms with van der Waals surface area (Å²) in [6.45, 7) is 0. The lowest BCUT2D eigenvalue weighted by molar-refractivity contribution is 0.0926. The molecule has 0 bridgehead atoms. The molecule has 128 valence electrons. The van der Waals surface area contributed by atoms with E-state index in [0.717, 1.165) is 47.9 Å². The van der Waals surface area contributed by atoms with Gasteiger partial charge < -0.3 is 15.5 Å². The Hall–Kier alpha value is -2.66. The van der Waals surface area contributed by atoms with E-state index in [1.807, 2.05) is 36.4 Å². The largest absolute Gasteiger partial charge is 0.464 e. The van der Waals surface area contributed by atoms with Crippen LogP contribution >= 0.6 is 0 Å². The van der Waals surface area contributed by atoms with E-state index in [1.165, 1.54) is 0 Å². The fraction of sp³-hybridized carbons (Fsp3) is 0.300. The number of amides is 1. The Labute approximate surface area is 146 Å². The Balaban J connectivity index is 1.50. The smallest absolute Gasteiger partial charge is 0.251 e. The fourth-order valence-electron chi connectivity index (χ4n) is 3.44. The van der Waals surface area contributed by atoms with E-state index in [9.17, 15) is 4.79 Å². The van der Waals surface area contributed by atoms with Crippen molar-refractivity contribution in [2.75, 3.05) is 0 Å². The van der Waals surface area contributed by atoms with Crippen LogP contribution in [0.5, 0.6) is 0 Å². The van der Waals surface area contributed by atoms with Crippen LogP contribution in [0.4, 0.5) is 0 Å². The van der Waals surface area contributed by atoms with Crippen LogP contribution in [0.25, 0.3) is 22.2 Å². The van der Waals surface area contributed by atoms with E-state index in [4.69, 9.17) is 10.2 Å². The maximum atomic E-state index is 12.4. The molecule has 2 heterocycles. The lowest BCUT2D eigenvalue weighted by Gasteiger charge is -2.26. The van der Waals surface area contributed by atoms with Gasteiger partial charge in [0, 0.05) is 34.8 Å². The average molecular weight is 335 g/mol. The van der Waals surface area contributed by atoms with Crippen LogP contribution in [0.1, 0.15) is 36.0 Å². The predicted octanol–water partition coefficient (Wildman–Crippen LogP) is 3.49. The number of hydrogen-bond donors (Lipinski definition) is 2. The first-order valence-corrected chi connectivity index (χ1v) is 8.70. The molecule has 1 aliphatic rings. The zero-order valence-corrected chi connectivity index (χ0v) is 13.9. The predicted molar refractivity (Wildman–Crippen MR) is 97.1 cm³/mol. The minimum Gasteiger partial charge on any atom is -0.464 e. The van der Waals surface area contributed by atoms with Crippen molar-refractivity contribution in [3.8, 4) is 11.3 Å². The number of nitrogens with one attached hydrogen (secondary N) is 1. The molecule has 1 saturated carbocycles. The summed E-state index contributed by atoms with van der Waals surface area (Å²) in [4.78, 5) is 16.9. The van der Waals surface area contributed by atoms with E-state index >= 15 is 0 Å². The summed E-state index contributed by atoms with van der Waals surface area (Å²) in [7, 11) is 0. The number of carbonyl (C=O) groups is 1. The minimum atomic E-state index is -0.0264. The summed E-state index contributed by atoms with van der Waals surface area (Å²) < 4.78 is 5.42. The molecule has 2 aromatic heterocycles. The van der Waals surface area contributed by atoms with Crippen molar-refractivity contribution in [3.05, 3.63) is 54.4 Å². The summed E-state index contributed by atoms with van der Waals surface area (Å²) in [6.07, 6.45) is 7.26. The average Bonchev–Trinajstić information content (AvgIpc) is 3.12. The number of aromatic nitrogens is 1. The highest BCUT2D eigenvalue weighted by Crippen LogP contribution is 2.27. The SMILES string of the molecule is N[C@H]1CC[C@H](NC(=O)c2ccc(-c3nccc4occc34)cc2)CC1. The molecule has 0 spiro atoms. The van der Waals surface area contributed by atoms with Gasteiger partial charge in [0.2, 0.25) is 0 Å². The second-order valence-electron chi connectivity index (χ2n) is 6.65. The molecule has 1 aromatic carbocycles. The highest BCUT2D eigenvalue weighted by atomic mass is 16.3. The lowest BCUT2D eigenvalue weighted by atomic mass is 9.91. The lowest BCUT2D eigenvalue weighted by Crippen LogP contribution is -2.40. The van der Waals surface area contributed by atoms with Crippen LogP contribution in [0.3, 0.4) is 0 Å². The number of nitrogens with zero attached hydrogens (tertiary/aromatic N) is 1. The van der Waals surface area contributed by atoms with E-state index in [2.05, 4.69) is 10.3 Å². The summed E-state index contributed by atoms with van der Waals surface area (Å²) >= 11 is 0. The van der Waals surface area contributed by atoms with Crippen LogP contribution in [-0.2, 0) is 0 Å². The molecule has 0 aliphatic heterocycles. The van der Waals surface area contributed by atoms with Gasteiger partial charge in [0.25, 0.3) is 5.91 Å². The third-order valence-electron chi connectivity index (χ3n) is 4.91. The first-order chi connectivity index (χ1) is 12.2. The number of rotatable bonds is 3. The van der Waals surface area contributed by atoms with Crippen LogP contribution in [0.15, 0.2) is 53.3 Å². The number of fused-ring (bicyclic) bond motifs is 1. The molecule has 0 radical (unpaired) electrons. The maximum absolute atomic E-state index is 12.4. The van der Waals surface area contributed by atoms with Crippen LogP contribution < -0.4 is 11.1 Å². The topological polar surface area (TPSA) is 81.1 Å². The number of hydrogen-bond acceptors (Lipinski definition) is 4. The number of benzene rings is 1. The van der Waals surface area contributed by atoms with Crippen LogP contribution in [0, 0.1) is 0 Å². The van der Waals surface area contributed by atoms with E-state index in [1.54, 1.807) is 12.5 Å². The number of pyridine rings is 1. The van der Waals surface area contributed by atoms with Crippen molar-refractivity contribution in [1.29, 1.82) is 0 Å². The highest BCUT2D eigenvalue weighted by Gasteiger charge is 2.20. The number of carbonyl (C=O) groups excluding carboxylic acids is 1. The standard InChI is InChI=1S/C20H21N3O2/c21-15-5-7-16(8-6-15)23-20(24)14-3-1-13(2-4-14)19-17-10-12-25-18(17)9-11-22-19/h1-4,9-12,15-16H,5-8,21H2,(H,23,24)/t15-,16-. The van der Waals surface area contributed by atoms with Crippen molar-refractivity contribution in [1.82, 2.24) is 10.3 Å². The van der Waals surface area contributed by atoms with Crippen molar-refractivity contribution < 1.29 is 9.21 Å². The molecular formula is C20H21N3O2. The molecule has 0 unspecified atom stereocenters. The first-order valence-electron chi connectivity index (χ1n) is 8.70. The van der Waals surface area contributed by atoms with Gasteiger partial charge in [-0.15, -0.1) is 0 Å². The maximum Gasteiger partial charge on any atom is 0.251 e. The van der Waals surface area contributed by atoms with Gasteiger partial charge >= 0.3 is 0 Å². The number of furan rings is 1. The number of nitrogens with two attached hydrogens (primary N) is 1. The molecule has 25 heavy (non-hydrogen) atoms. The highest BCUT2D eigenvalue weighted by molar-refractivity contribution is 5.96. The molecule has 1 amide bonds. The Morgan fingerprint density at radius 3 is 2.60 bits per heavy atom. The zero-order valence-electron chi connectivity index (χ0n) is 13.9. The Kier molecular flexibility index (Phi) is 4.24. The molecule has 3 N–H and O–H groups in total. The third kappa shape index (κ3) is 3.28. The molecule has 3 aromatic rings. The Morgan fingerprint density at radius 2 is 1.84 bits per heavy atom. The van der Waals surface area contributed by atoms with E-state index in [-0.39, 0.29) is 18.0 Å². The molecule has 5 heteroatoms. The monoisotopic (exact) mass is 335 g/mol. The molecule has 1 fully saturated rings. The molecule has 4 rings (SSSR count). The molecule has 1 aliphatic carbocycles. The first kappa shape index (κ1) is 15.8. The summed E-state index contributed by atoms with van der Waals surface area (Å²) in [6, 6.07) is 11.8. The normalized spacial score (nSPS) is 20.5. The Morgan fingerprint density at radius 1 is 1.08 bits per heavy atom. The van der Waals surface area contributed by atoms with Crippen molar-refractivity contribution in [2.24, 2.45) is 5.73 Å². The van der Waals surface area contributed by atoms with Gasteiger partial charge in [0.1, 0.15) is 5.58 Å². The van der Waals surface area contributed by atoms with Gasteiger partial charge in [0.05, 0.1) is 12.0 Å². The molecule has 0 atom stereocenters. The molecular weight excluding hydrogens is 314 g/mol. The van der Waals surface area contributed by atoms with Crippen molar-refractivity contribution >= 4 is 16.9 Å². The third-order valence-corrected chi connectivity index (χ3v) is 4.91. The second kappa shape index (κ2) is 6.69. The van der Waals surface area contributed by atoms with Crippen LogP contribution in [-0.4, -0.2) is 23.0 Å². The molecule has 0 saturated heterocycles. The molecule has 5 nitrogen and oxygen atoms in total. The minimum absolute atomic E-state index is 0.0264. The van der Waals surface area contributed by atoms with Crippen LogP contribution in [0.2, 0.25) is 0 Å². The summed E-state index contributed by atoms with van der Waals surface area (Å²) in [5, 5.41) is 4.09. The second-order valence-corrected chi connectivity index (χ2v) is 6.65. The van der Waals surface area contributed by atoms with Gasteiger partial charge in [-0.05, 0) is 49.9 Å². The van der Waals surface area contributed by atoms with Crippen molar-refractivity contribution in [2.45, 2.75) is 37.8 Å². The zero-order chi connectivity index (χ0) is 17.2. The fourth-order valence-corrected chi connectivity index (χ4v) is 3.44. The quantitative estimate of drug-likeness (QED) is 0.767. The van der Waals surface area contributed by atoms with Gasteiger partial charge in [-0.1, -0.05) is 12.1 Å². The van der Waals surface area contributed by atoms with Gasteiger partial charge in [-0.2, -0.15) is 0 Å². The van der Waals surface area contributed by atoms with Gasteiger partial charge in [-0.3, -0.25) is 9.78 Å².